The summed E-state index contributed by atoms with van der Waals surface area (Å²) in [6.07, 6.45) is 7.73. The van der Waals surface area contributed by atoms with Crippen LogP contribution in [-0.2, 0) is 0 Å². The molecule has 0 unspecified atom stereocenters. The summed E-state index contributed by atoms with van der Waals surface area (Å²) in [5, 5.41) is 0. The van der Waals surface area contributed by atoms with Crippen molar-refractivity contribution in [1.29, 1.82) is 0 Å². The lowest BCUT2D eigenvalue weighted by Crippen LogP contribution is -2.35. The number of fused-ring (bicyclic) bond motifs is 1. The van der Waals surface area contributed by atoms with E-state index in [1.807, 2.05) is 30.0 Å². The maximum atomic E-state index is 12.9. The largest absolute Gasteiger partial charge is 0.353 e. The first-order chi connectivity index (χ1) is 12.7. The van der Waals surface area contributed by atoms with Crippen LogP contribution >= 0.6 is 0 Å². The van der Waals surface area contributed by atoms with Gasteiger partial charge in [-0.3, -0.25) is 19.7 Å². The van der Waals surface area contributed by atoms with E-state index in [4.69, 9.17) is 0 Å². The van der Waals surface area contributed by atoms with Gasteiger partial charge in [0.25, 0.3) is 5.91 Å². The normalized spacial score (nSPS) is 15.1. The Morgan fingerprint density at radius 1 is 1.00 bits per heavy atom. The molecule has 7 heteroatoms. The van der Waals surface area contributed by atoms with Crippen molar-refractivity contribution in [3.8, 4) is 0 Å². The highest BCUT2D eigenvalue weighted by Gasteiger charge is 2.21. The van der Waals surface area contributed by atoms with E-state index in [1.165, 1.54) is 0 Å². The highest BCUT2D eigenvalue weighted by atomic mass is 16.2. The molecule has 3 heterocycles. The highest BCUT2D eigenvalue weighted by molar-refractivity contribution is 5.97. The third-order valence-corrected chi connectivity index (χ3v) is 4.57. The van der Waals surface area contributed by atoms with Crippen LogP contribution < -0.4 is 4.90 Å². The zero-order chi connectivity index (χ0) is 17.9. The number of nitrogens with zero attached hydrogens (tertiary/aromatic N) is 6. The van der Waals surface area contributed by atoms with Crippen LogP contribution in [0, 0.1) is 6.92 Å². The first kappa shape index (κ1) is 16.4. The Balaban J connectivity index is 1.50. The molecule has 2 aromatic heterocycles. The van der Waals surface area contributed by atoms with Crippen molar-refractivity contribution < 1.29 is 4.79 Å². The second-order valence-corrected chi connectivity index (χ2v) is 6.41. The van der Waals surface area contributed by atoms with E-state index >= 15 is 0 Å². The van der Waals surface area contributed by atoms with Crippen LogP contribution in [0.15, 0.2) is 43.0 Å². The summed E-state index contributed by atoms with van der Waals surface area (Å²) in [6.45, 7) is 4.94. The van der Waals surface area contributed by atoms with Gasteiger partial charge in [0.2, 0.25) is 0 Å². The Morgan fingerprint density at radius 2 is 1.85 bits per heavy atom. The molecule has 1 aliphatic heterocycles. The molecule has 1 aromatic carbocycles. The smallest absolute Gasteiger partial charge is 0.253 e. The average Bonchev–Trinajstić information content (AvgIpc) is 2.93. The standard InChI is InChI=1S/C19H20N6O/c1-14-12-20-13-18(23-14)24-7-2-8-25(10-9-24)19(26)15-3-4-16-17(11-15)22-6-5-21-16/h3-6,11-13H,2,7-10H2,1H3. The zero-order valence-corrected chi connectivity index (χ0v) is 14.7. The molecule has 1 aliphatic rings. The monoisotopic (exact) mass is 348 g/mol. The van der Waals surface area contributed by atoms with Gasteiger partial charge in [0.05, 0.1) is 22.9 Å². The Kier molecular flexibility index (Phi) is 4.43. The fourth-order valence-corrected chi connectivity index (χ4v) is 3.23. The quantitative estimate of drug-likeness (QED) is 0.706. The molecule has 0 spiro atoms. The van der Waals surface area contributed by atoms with Gasteiger partial charge in [-0.15, -0.1) is 0 Å². The second kappa shape index (κ2) is 7.03. The van der Waals surface area contributed by atoms with Crippen molar-refractivity contribution in [3.63, 3.8) is 0 Å². The zero-order valence-electron chi connectivity index (χ0n) is 14.7. The van der Waals surface area contributed by atoms with Crippen molar-refractivity contribution in [1.82, 2.24) is 24.8 Å². The molecule has 3 aromatic rings. The third kappa shape index (κ3) is 3.33. The topological polar surface area (TPSA) is 75.1 Å². The van der Waals surface area contributed by atoms with Crippen LogP contribution in [0.3, 0.4) is 0 Å². The minimum Gasteiger partial charge on any atom is -0.353 e. The molecular weight excluding hydrogens is 328 g/mol. The fraction of sp³-hybridized carbons (Fsp3) is 0.316. The second-order valence-electron chi connectivity index (χ2n) is 6.41. The number of rotatable bonds is 2. The molecule has 4 rings (SSSR count). The summed E-state index contributed by atoms with van der Waals surface area (Å²) in [5.41, 5.74) is 3.09. The number of aromatic nitrogens is 4. The number of aryl methyl sites for hydroxylation is 1. The highest BCUT2D eigenvalue weighted by Crippen LogP contribution is 2.17. The molecule has 0 N–H and O–H groups in total. The van der Waals surface area contributed by atoms with Crippen molar-refractivity contribution in [2.75, 3.05) is 31.1 Å². The molecular formula is C19H20N6O. The lowest BCUT2D eigenvalue weighted by molar-refractivity contribution is 0.0767. The van der Waals surface area contributed by atoms with E-state index in [9.17, 15) is 4.79 Å². The van der Waals surface area contributed by atoms with Gasteiger partial charge in [-0.1, -0.05) is 0 Å². The Morgan fingerprint density at radius 3 is 2.69 bits per heavy atom. The maximum absolute atomic E-state index is 12.9. The van der Waals surface area contributed by atoms with E-state index < -0.39 is 0 Å². The molecule has 0 aliphatic carbocycles. The summed E-state index contributed by atoms with van der Waals surface area (Å²) in [6, 6.07) is 5.50. The number of benzene rings is 1. The van der Waals surface area contributed by atoms with Crippen molar-refractivity contribution in [2.45, 2.75) is 13.3 Å². The van der Waals surface area contributed by atoms with Gasteiger partial charge in [0, 0.05) is 50.3 Å². The predicted molar refractivity (Wildman–Crippen MR) is 99.0 cm³/mol. The molecule has 0 bridgehead atoms. The molecule has 132 valence electrons. The predicted octanol–water partition coefficient (Wildman–Crippen LogP) is 2.08. The molecule has 0 atom stereocenters. The molecule has 26 heavy (non-hydrogen) atoms. The van der Waals surface area contributed by atoms with Crippen LogP contribution in [0.2, 0.25) is 0 Å². The first-order valence-electron chi connectivity index (χ1n) is 8.74. The van der Waals surface area contributed by atoms with Crippen molar-refractivity contribution in [3.05, 3.63) is 54.2 Å². The summed E-state index contributed by atoms with van der Waals surface area (Å²) in [4.78, 5) is 34.3. The molecule has 0 radical (unpaired) electrons. The van der Waals surface area contributed by atoms with Gasteiger partial charge in [0.15, 0.2) is 0 Å². The lowest BCUT2D eigenvalue weighted by Gasteiger charge is -2.23. The van der Waals surface area contributed by atoms with Gasteiger partial charge in [-0.25, -0.2) is 4.98 Å². The Hall–Kier alpha value is -3.09. The van der Waals surface area contributed by atoms with E-state index in [0.717, 1.165) is 48.6 Å². The van der Waals surface area contributed by atoms with Crippen molar-refractivity contribution >= 4 is 22.8 Å². The Bertz CT molecular complexity index is 944. The molecule has 1 amide bonds. The fourth-order valence-electron chi connectivity index (χ4n) is 3.23. The number of hydrogen-bond acceptors (Lipinski definition) is 6. The summed E-state index contributed by atoms with van der Waals surface area (Å²) in [5.74, 6) is 0.912. The van der Waals surface area contributed by atoms with E-state index in [-0.39, 0.29) is 5.91 Å². The van der Waals surface area contributed by atoms with Crippen LogP contribution in [0.5, 0.6) is 0 Å². The van der Waals surface area contributed by atoms with Crippen LogP contribution in [0.4, 0.5) is 5.82 Å². The molecule has 0 saturated carbocycles. The number of amides is 1. The molecule has 1 fully saturated rings. The third-order valence-electron chi connectivity index (χ3n) is 4.57. The van der Waals surface area contributed by atoms with Gasteiger partial charge in [-0.05, 0) is 31.5 Å². The average molecular weight is 348 g/mol. The van der Waals surface area contributed by atoms with Crippen LogP contribution in [0.1, 0.15) is 22.5 Å². The molecule has 1 saturated heterocycles. The number of carbonyl (C=O) groups excluding carboxylic acids is 1. The van der Waals surface area contributed by atoms with E-state index in [0.29, 0.717) is 12.1 Å². The van der Waals surface area contributed by atoms with Crippen LogP contribution in [0.25, 0.3) is 11.0 Å². The van der Waals surface area contributed by atoms with Crippen molar-refractivity contribution in [2.24, 2.45) is 0 Å². The van der Waals surface area contributed by atoms with Gasteiger partial charge >= 0.3 is 0 Å². The maximum Gasteiger partial charge on any atom is 0.253 e. The van der Waals surface area contributed by atoms with Gasteiger partial charge in [-0.2, -0.15) is 0 Å². The van der Waals surface area contributed by atoms with E-state index in [1.54, 1.807) is 24.8 Å². The number of anilines is 1. The van der Waals surface area contributed by atoms with E-state index in [2.05, 4.69) is 24.8 Å². The summed E-state index contributed by atoms with van der Waals surface area (Å²) < 4.78 is 0. The minimum atomic E-state index is 0.0368. The number of hydrogen-bond donors (Lipinski definition) is 0. The minimum absolute atomic E-state index is 0.0368. The van der Waals surface area contributed by atoms with Gasteiger partial charge < -0.3 is 9.80 Å². The first-order valence-corrected chi connectivity index (χ1v) is 8.74. The summed E-state index contributed by atoms with van der Waals surface area (Å²) in [7, 11) is 0. The SMILES string of the molecule is Cc1cncc(N2CCCN(C(=O)c3ccc4nccnc4c3)CC2)n1. The lowest BCUT2D eigenvalue weighted by atomic mass is 10.1. The molecule has 7 nitrogen and oxygen atoms in total. The van der Waals surface area contributed by atoms with Crippen LogP contribution in [-0.4, -0.2) is 56.9 Å². The number of carbonyl (C=O) groups is 1. The van der Waals surface area contributed by atoms with Gasteiger partial charge in [0.1, 0.15) is 5.82 Å². The summed E-state index contributed by atoms with van der Waals surface area (Å²) >= 11 is 0. The Labute approximate surface area is 151 Å².